The zero-order valence-electron chi connectivity index (χ0n) is 20.6. The van der Waals surface area contributed by atoms with Gasteiger partial charge in [0.15, 0.2) is 16.3 Å². The van der Waals surface area contributed by atoms with Gasteiger partial charge in [0, 0.05) is 5.56 Å². The second-order valence-corrected chi connectivity index (χ2v) is 9.42. The topological polar surface area (TPSA) is 90.1 Å². The number of fused-ring (bicyclic) bond motifs is 1. The van der Waals surface area contributed by atoms with E-state index < -0.39 is 17.8 Å². The molecule has 0 bridgehead atoms. The monoisotopic (exact) mass is 530 g/mol. The Hall–Kier alpha value is -4.50. The zero-order chi connectivity index (χ0) is 26.8. The van der Waals surface area contributed by atoms with Gasteiger partial charge in [0.1, 0.15) is 5.82 Å². The molecule has 9 heteroatoms. The second-order valence-electron chi connectivity index (χ2n) is 8.41. The number of esters is 1. The Bertz CT molecular complexity index is 1720. The molecule has 7 nitrogen and oxygen atoms in total. The highest BCUT2D eigenvalue weighted by Gasteiger charge is 2.35. The van der Waals surface area contributed by atoms with E-state index in [9.17, 15) is 19.1 Å². The molecule has 3 aromatic carbocycles. The number of ether oxygens (including phenoxy) is 2. The van der Waals surface area contributed by atoms with E-state index in [4.69, 9.17) is 14.5 Å². The van der Waals surface area contributed by atoms with Gasteiger partial charge in [0.25, 0.3) is 5.56 Å². The molecule has 1 aromatic heterocycles. The number of thiazole rings is 1. The molecule has 2 heterocycles. The Morgan fingerprint density at radius 2 is 1.87 bits per heavy atom. The predicted molar refractivity (Wildman–Crippen MR) is 142 cm³/mol. The van der Waals surface area contributed by atoms with Crippen molar-refractivity contribution in [2.24, 2.45) is 4.99 Å². The molecule has 4 aromatic rings. The molecular formula is C29H23FN2O5S. The largest absolute Gasteiger partial charge is 0.504 e. The maximum atomic E-state index is 13.9. The third-order valence-corrected chi connectivity index (χ3v) is 7.04. The van der Waals surface area contributed by atoms with E-state index in [1.54, 1.807) is 37.3 Å². The molecule has 38 heavy (non-hydrogen) atoms. The molecule has 5 rings (SSSR count). The Morgan fingerprint density at radius 1 is 1.13 bits per heavy atom. The number of hydrogen-bond acceptors (Lipinski definition) is 7. The van der Waals surface area contributed by atoms with Crippen molar-refractivity contribution in [2.45, 2.75) is 13.0 Å². The van der Waals surface area contributed by atoms with Crippen LogP contribution in [0.5, 0.6) is 11.5 Å². The molecule has 0 amide bonds. The lowest BCUT2D eigenvalue weighted by atomic mass is 9.93. The number of nitrogens with zero attached hydrogens (tertiary/aromatic N) is 2. The first-order valence-corrected chi connectivity index (χ1v) is 12.6. The van der Waals surface area contributed by atoms with E-state index in [0.29, 0.717) is 31.7 Å². The van der Waals surface area contributed by atoms with E-state index in [1.165, 1.54) is 41.2 Å². The molecular weight excluding hydrogens is 507 g/mol. The fourth-order valence-corrected chi connectivity index (χ4v) is 5.34. The van der Waals surface area contributed by atoms with Crippen molar-refractivity contribution in [1.82, 2.24) is 4.57 Å². The minimum Gasteiger partial charge on any atom is -0.504 e. The molecule has 1 aliphatic heterocycles. The molecule has 1 N–H and O–H groups in total. The number of methoxy groups -OCH3 is 1. The van der Waals surface area contributed by atoms with Crippen molar-refractivity contribution >= 4 is 29.1 Å². The van der Waals surface area contributed by atoms with E-state index in [2.05, 4.69) is 0 Å². The van der Waals surface area contributed by atoms with Crippen molar-refractivity contribution in [3.05, 3.63) is 121 Å². The van der Waals surface area contributed by atoms with Crippen LogP contribution in [-0.2, 0) is 9.53 Å². The van der Waals surface area contributed by atoms with Crippen LogP contribution >= 0.6 is 11.3 Å². The molecule has 0 saturated heterocycles. The third kappa shape index (κ3) is 4.64. The van der Waals surface area contributed by atoms with Crippen molar-refractivity contribution in [1.29, 1.82) is 0 Å². The Morgan fingerprint density at radius 3 is 2.55 bits per heavy atom. The standard InChI is InChI=1S/C29H23FN2O5S/c1-3-37-28(35)24-25(18-7-5-4-6-8-18)31-29-32(26(24)19-10-12-20(30)13-11-19)27(34)23(38-29)16-17-9-14-21(33)22(15-17)36-2/h4-16,26,33H,3H2,1-2H3/b23-16-/t26-/m1/s1. The van der Waals surface area contributed by atoms with E-state index >= 15 is 0 Å². The number of carbonyl (C=O) groups excluding carboxylic acids is 1. The minimum atomic E-state index is -0.891. The summed E-state index contributed by atoms with van der Waals surface area (Å²) in [5, 5.41) is 9.94. The molecule has 1 aliphatic rings. The minimum absolute atomic E-state index is 0.0194. The van der Waals surface area contributed by atoms with Crippen molar-refractivity contribution in [3.63, 3.8) is 0 Å². The van der Waals surface area contributed by atoms with Crippen LogP contribution in [0.15, 0.2) is 88.2 Å². The molecule has 192 valence electrons. The van der Waals surface area contributed by atoms with Gasteiger partial charge in [-0.25, -0.2) is 14.2 Å². The smallest absolute Gasteiger partial charge is 0.338 e. The summed E-state index contributed by atoms with van der Waals surface area (Å²) in [5.41, 5.74) is 2.06. The summed E-state index contributed by atoms with van der Waals surface area (Å²) in [5.74, 6) is -0.796. The number of phenolic OH excluding ortho intramolecular Hbond substituents is 1. The summed E-state index contributed by atoms with van der Waals surface area (Å²) in [6, 6.07) is 18.7. The first-order chi connectivity index (χ1) is 18.4. The molecule has 0 spiro atoms. The first kappa shape index (κ1) is 25.2. The van der Waals surface area contributed by atoms with Gasteiger partial charge >= 0.3 is 5.97 Å². The fourth-order valence-electron chi connectivity index (χ4n) is 4.34. The van der Waals surface area contributed by atoms with Crippen LogP contribution in [0.3, 0.4) is 0 Å². The van der Waals surface area contributed by atoms with Crippen LogP contribution in [0, 0.1) is 5.82 Å². The molecule has 0 radical (unpaired) electrons. The Balaban J connectivity index is 1.81. The molecule has 0 aliphatic carbocycles. The summed E-state index contributed by atoms with van der Waals surface area (Å²) in [7, 11) is 1.44. The van der Waals surface area contributed by atoms with E-state index in [-0.39, 0.29) is 29.2 Å². The van der Waals surface area contributed by atoms with Crippen LogP contribution in [-0.4, -0.2) is 29.4 Å². The van der Waals surface area contributed by atoms with Crippen LogP contribution in [0.2, 0.25) is 0 Å². The number of rotatable bonds is 6. The quantitative estimate of drug-likeness (QED) is 0.383. The maximum Gasteiger partial charge on any atom is 0.338 e. The van der Waals surface area contributed by atoms with Crippen molar-refractivity contribution in [2.75, 3.05) is 13.7 Å². The fraction of sp³-hybridized carbons (Fsp3) is 0.138. The second kappa shape index (κ2) is 10.5. The van der Waals surface area contributed by atoms with Gasteiger partial charge in [-0.2, -0.15) is 0 Å². The third-order valence-electron chi connectivity index (χ3n) is 6.06. The molecule has 1 atom stereocenters. The number of carbonyl (C=O) groups is 1. The molecule has 0 saturated carbocycles. The maximum absolute atomic E-state index is 13.9. The lowest BCUT2D eigenvalue weighted by Gasteiger charge is -2.25. The molecule has 0 fully saturated rings. The number of benzene rings is 3. The van der Waals surface area contributed by atoms with Crippen LogP contribution in [0.25, 0.3) is 11.8 Å². The number of aromatic hydroxyl groups is 1. The van der Waals surface area contributed by atoms with Crippen molar-refractivity contribution < 1.29 is 23.8 Å². The lowest BCUT2D eigenvalue weighted by molar-refractivity contribution is -0.138. The zero-order valence-corrected chi connectivity index (χ0v) is 21.4. The van der Waals surface area contributed by atoms with E-state index in [0.717, 1.165) is 0 Å². The van der Waals surface area contributed by atoms with Gasteiger partial charge in [-0.05, 0) is 48.4 Å². The van der Waals surface area contributed by atoms with Gasteiger partial charge in [0.05, 0.1) is 35.6 Å². The van der Waals surface area contributed by atoms with Gasteiger partial charge in [-0.15, -0.1) is 0 Å². The van der Waals surface area contributed by atoms with E-state index in [1.807, 2.05) is 30.3 Å². The average molecular weight is 531 g/mol. The normalized spacial score (nSPS) is 15.1. The Kier molecular flexibility index (Phi) is 6.93. The SMILES string of the molecule is CCOC(=O)C1=C(c2ccccc2)N=c2s/c(=C\c3ccc(O)c(OC)c3)c(=O)n2[C@@H]1c1ccc(F)cc1. The van der Waals surface area contributed by atoms with Gasteiger partial charge < -0.3 is 14.6 Å². The van der Waals surface area contributed by atoms with Crippen LogP contribution < -0.4 is 19.6 Å². The summed E-state index contributed by atoms with van der Waals surface area (Å²) in [4.78, 5) is 32.3. The van der Waals surface area contributed by atoms with Gasteiger partial charge in [0.2, 0.25) is 0 Å². The predicted octanol–water partition coefficient (Wildman–Crippen LogP) is 3.79. The first-order valence-electron chi connectivity index (χ1n) is 11.8. The van der Waals surface area contributed by atoms with Gasteiger partial charge in [-0.3, -0.25) is 9.36 Å². The highest BCUT2D eigenvalue weighted by molar-refractivity contribution is 7.07. The number of halogens is 1. The number of aromatic nitrogens is 1. The summed E-state index contributed by atoms with van der Waals surface area (Å²) >= 11 is 1.17. The highest BCUT2D eigenvalue weighted by Crippen LogP contribution is 2.35. The molecule has 0 unspecified atom stereocenters. The number of hydrogen-bond donors (Lipinski definition) is 1. The highest BCUT2D eigenvalue weighted by atomic mass is 32.1. The number of phenols is 1. The Labute approximate surface area is 221 Å². The average Bonchev–Trinajstić information content (AvgIpc) is 3.24. The lowest BCUT2D eigenvalue weighted by Crippen LogP contribution is -2.40. The summed E-state index contributed by atoms with van der Waals surface area (Å²) in [6.07, 6.45) is 1.67. The van der Waals surface area contributed by atoms with Gasteiger partial charge in [-0.1, -0.05) is 59.9 Å². The summed E-state index contributed by atoms with van der Waals surface area (Å²) < 4.78 is 26.3. The van der Waals surface area contributed by atoms with Crippen molar-refractivity contribution in [3.8, 4) is 11.5 Å². The van der Waals surface area contributed by atoms with Crippen LogP contribution in [0.4, 0.5) is 4.39 Å². The van der Waals surface area contributed by atoms with Crippen LogP contribution in [0.1, 0.15) is 29.7 Å². The summed E-state index contributed by atoms with van der Waals surface area (Å²) in [6.45, 7) is 1.84.